The quantitative estimate of drug-likeness (QED) is 0.546. The first-order valence-corrected chi connectivity index (χ1v) is 12.1. The highest BCUT2D eigenvalue weighted by Crippen LogP contribution is 2.38. The molecule has 3 rings (SSSR count). The van der Waals surface area contributed by atoms with Crippen molar-refractivity contribution in [2.75, 3.05) is 13.7 Å². The summed E-state index contributed by atoms with van der Waals surface area (Å²) in [5, 5.41) is 10.5. The number of benzene rings is 1. The van der Waals surface area contributed by atoms with Gasteiger partial charge in [-0.05, 0) is 17.4 Å². The molecule has 10 atom stereocenters. The minimum Gasteiger partial charge on any atom is -0.467 e. The highest BCUT2D eigenvalue weighted by Gasteiger charge is 2.49. The number of aliphatic hydroxyl groups excluding tert-OH is 1. The maximum atomic E-state index is 12.2. The Hall–Kier alpha value is -2.04. The van der Waals surface area contributed by atoms with Crippen LogP contribution in [0.5, 0.6) is 0 Å². The van der Waals surface area contributed by atoms with Crippen LogP contribution in [-0.2, 0) is 44.6 Å². The van der Waals surface area contributed by atoms with Crippen molar-refractivity contribution in [3.05, 3.63) is 35.9 Å². The van der Waals surface area contributed by atoms with Crippen molar-refractivity contribution in [3.8, 4) is 0 Å². The Kier molecular flexibility index (Phi) is 9.66. The minimum absolute atomic E-state index is 0.0119. The Balaban J connectivity index is 1.75. The zero-order valence-electron chi connectivity index (χ0n) is 21.3. The van der Waals surface area contributed by atoms with E-state index in [2.05, 4.69) is 0 Å². The number of methoxy groups -OCH3 is 1. The Morgan fingerprint density at radius 3 is 2.23 bits per heavy atom. The first kappa shape index (κ1) is 27.5. The Bertz CT molecular complexity index is 831. The van der Waals surface area contributed by atoms with Gasteiger partial charge in [-0.2, -0.15) is 0 Å². The van der Waals surface area contributed by atoms with Crippen LogP contribution in [0, 0.1) is 23.7 Å². The van der Waals surface area contributed by atoms with Crippen LogP contribution < -0.4 is 0 Å². The van der Waals surface area contributed by atoms with E-state index in [1.807, 2.05) is 58.0 Å². The van der Waals surface area contributed by atoms with Gasteiger partial charge in [-0.15, -0.1) is 0 Å². The molecule has 4 unspecified atom stereocenters. The lowest BCUT2D eigenvalue weighted by Gasteiger charge is -2.48. The predicted octanol–water partition coefficient (Wildman–Crippen LogP) is 2.68. The average Bonchev–Trinajstić information content (AvgIpc) is 2.85. The van der Waals surface area contributed by atoms with E-state index in [0.29, 0.717) is 6.61 Å². The van der Waals surface area contributed by atoms with Gasteiger partial charge in [-0.1, -0.05) is 58.0 Å². The van der Waals surface area contributed by atoms with E-state index in [-0.39, 0.29) is 30.3 Å². The summed E-state index contributed by atoms with van der Waals surface area (Å²) in [5.74, 6) is -1.67. The lowest BCUT2D eigenvalue weighted by molar-refractivity contribution is -0.330. The van der Waals surface area contributed by atoms with Gasteiger partial charge < -0.3 is 33.5 Å². The van der Waals surface area contributed by atoms with Crippen molar-refractivity contribution in [1.82, 2.24) is 0 Å². The molecule has 0 aliphatic carbocycles. The molecule has 0 radical (unpaired) electrons. The second kappa shape index (κ2) is 12.3. The molecule has 35 heavy (non-hydrogen) atoms. The van der Waals surface area contributed by atoms with Gasteiger partial charge in [0.15, 0.2) is 18.7 Å². The number of rotatable bonds is 8. The van der Waals surface area contributed by atoms with Crippen LogP contribution in [-0.4, -0.2) is 67.8 Å². The molecule has 1 aromatic carbocycles. The molecule has 0 bridgehead atoms. The third-order valence-corrected chi connectivity index (χ3v) is 7.27. The maximum absolute atomic E-state index is 12.2. The molecule has 2 aliphatic heterocycles. The van der Waals surface area contributed by atoms with Crippen molar-refractivity contribution < 1.29 is 43.1 Å². The molecule has 2 heterocycles. The van der Waals surface area contributed by atoms with Crippen LogP contribution in [0.2, 0.25) is 0 Å². The van der Waals surface area contributed by atoms with Crippen molar-refractivity contribution in [1.29, 1.82) is 0 Å². The molecule has 0 amide bonds. The third kappa shape index (κ3) is 6.59. The van der Waals surface area contributed by atoms with Crippen molar-refractivity contribution in [3.63, 3.8) is 0 Å². The average molecular weight is 495 g/mol. The number of esters is 2. The van der Waals surface area contributed by atoms with E-state index in [1.54, 1.807) is 0 Å². The monoisotopic (exact) mass is 494 g/mol. The lowest BCUT2D eigenvalue weighted by Crippen LogP contribution is -2.58. The molecule has 1 aromatic rings. The molecule has 2 fully saturated rings. The van der Waals surface area contributed by atoms with Crippen LogP contribution in [0.25, 0.3) is 0 Å². The molecular formula is C26H38O9. The molecule has 9 nitrogen and oxygen atoms in total. The fourth-order valence-corrected chi connectivity index (χ4v) is 4.55. The fraction of sp³-hybridized carbons (Fsp3) is 0.692. The fourth-order valence-electron chi connectivity index (χ4n) is 4.55. The second-order valence-corrected chi connectivity index (χ2v) is 9.62. The van der Waals surface area contributed by atoms with E-state index >= 15 is 0 Å². The van der Waals surface area contributed by atoms with Crippen molar-refractivity contribution in [2.45, 2.75) is 78.2 Å². The maximum Gasteiger partial charge on any atom is 0.337 e. The summed E-state index contributed by atoms with van der Waals surface area (Å²) in [5.41, 5.74) is 1.02. The second-order valence-electron chi connectivity index (χ2n) is 9.62. The first-order valence-electron chi connectivity index (χ1n) is 12.1. The molecule has 0 spiro atoms. The van der Waals surface area contributed by atoms with Crippen LogP contribution in [0.4, 0.5) is 0 Å². The number of aliphatic hydroxyl groups is 1. The number of carbonyl (C=O) groups is 2. The SMILES string of the molecule is COC(=O)C1O[C@@H](O[C@@H]2C(COC(C)=O)O[C@H](OCc3ccccc3)C(C)[C@H]2C)C(C)[C@@H](C)[C@@H]1O. The molecule has 9 heteroatoms. The standard InChI is InChI=1S/C26H38O9/c1-14-16(3)26(35-23(21(14)28)24(29)30-6)34-22-15(2)17(4)25(33-20(22)13-31-18(5)27)32-12-19-10-8-7-9-11-19/h7-11,14-17,20-23,25-26,28H,12-13H2,1-6H3/t14-,15-,16?,17?,20?,21+,22+,23?,25+,26-/m1/s1. The van der Waals surface area contributed by atoms with Gasteiger partial charge in [-0.3, -0.25) is 4.79 Å². The zero-order chi connectivity index (χ0) is 25.7. The van der Waals surface area contributed by atoms with Crippen LogP contribution >= 0.6 is 0 Å². The molecule has 0 aromatic heterocycles. The summed E-state index contributed by atoms with van der Waals surface area (Å²) in [4.78, 5) is 23.7. The van der Waals surface area contributed by atoms with Gasteiger partial charge in [0.05, 0.1) is 25.9 Å². The van der Waals surface area contributed by atoms with Crippen LogP contribution in [0.15, 0.2) is 30.3 Å². The largest absolute Gasteiger partial charge is 0.467 e. The van der Waals surface area contributed by atoms with Crippen LogP contribution in [0.1, 0.15) is 40.2 Å². The molecule has 0 saturated carbocycles. The van der Waals surface area contributed by atoms with Crippen molar-refractivity contribution >= 4 is 11.9 Å². The van der Waals surface area contributed by atoms with Gasteiger partial charge in [0.1, 0.15) is 12.7 Å². The Labute approximate surface area is 207 Å². The van der Waals surface area contributed by atoms with Gasteiger partial charge >= 0.3 is 11.9 Å². The van der Waals surface area contributed by atoms with Crippen molar-refractivity contribution in [2.24, 2.45) is 23.7 Å². The van der Waals surface area contributed by atoms with Gasteiger partial charge in [0.2, 0.25) is 0 Å². The highest BCUT2D eigenvalue weighted by atomic mass is 16.7. The van der Waals surface area contributed by atoms with E-state index < -0.39 is 48.9 Å². The smallest absolute Gasteiger partial charge is 0.337 e. The Morgan fingerprint density at radius 1 is 0.943 bits per heavy atom. The third-order valence-electron chi connectivity index (χ3n) is 7.27. The summed E-state index contributed by atoms with van der Waals surface area (Å²) in [6.07, 6.45) is -4.60. The highest BCUT2D eigenvalue weighted by molar-refractivity contribution is 5.75. The van der Waals surface area contributed by atoms with Gasteiger partial charge in [0.25, 0.3) is 0 Å². The van der Waals surface area contributed by atoms with E-state index in [4.69, 9.17) is 28.4 Å². The predicted molar refractivity (Wildman–Crippen MR) is 125 cm³/mol. The van der Waals surface area contributed by atoms with Crippen LogP contribution in [0.3, 0.4) is 0 Å². The molecule has 196 valence electrons. The molecule has 1 N–H and O–H groups in total. The Morgan fingerprint density at radius 2 is 1.60 bits per heavy atom. The number of hydrogen-bond donors (Lipinski definition) is 1. The van der Waals surface area contributed by atoms with Gasteiger partial charge in [-0.25, -0.2) is 4.79 Å². The number of hydrogen-bond acceptors (Lipinski definition) is 9. The molecule has 2 aliphatic rings. The van der Waals surface area contributed by atoms with E-state index in [9.17, 15) is 14.7 Å². The summed E-state index contributed by atoms with van der Waals surface area (Å²) in [6.45, 7) is 9.50. The summed E-state index contributed by atoms with van der Waals surface area (Å²) < 4.78 is 34.7. The lowest BCUT2D eigenvalue weighted by atomic mass is 9.83. The number of ether oxygens (including phenoxy) is 6. The molecule has 2 saturated heterocycles. The zero-order valence-corrected chi connectivity index (χ0v) is 21.3. The normalized spacial score (nSPS) is 37.5. The van der Waals surface area contributed by atoms with E-state index in [0.717, 1.165) is 5.56 Å². The summed E-state index contributed by atoms with van der Waals surface area (Å²) >= 11 is 0. The van der Waals surface area contributed by atoms with E-state index in [1.165, 1.54) is 14.0 Å². The summed E-state index contributed by atoms with van der Waals surface area (Å²) in [6, 6.07) is 9.80. The number of carbonyl (C=O) groups excluding carboxylic acids is 2. The summed E-state index contributed by atoms with van der Waals surface area (Å²) in [7, 11) is 1.25. The topological polar surface area (TPSA) is 110 Å². The van der Waals surface area contributed by atoms with Gasteiger partial charge in [0, 0.05) is 18.8 Å². The molecular weight excluding hydrogens is 456 g/mol. The first-order chi connectivity index (χ1) is 16.6. The minimum atomic E-state index is -1.15.